The SMILES string of the molecule is CCC(O)c1cc(C)c(-c2cc3cnc(NC(=O)[C@H]4CC4(F)F)cc3nc2N)cn1. The van der Waals surface area contributed by atoms with Crippen molar-refractivity contribution in [2.75, 3.05) is 11.1 Å². The van der Waals surface area contributed by atoms with E-state index in [0.717, 1.165) is 11.1 Å². The first-order valence-corrected chi connectivity index (χ1v) is 9.59. The van der Waals surface area contributed by atoms with Gasteiger partial charge in [-0.15, -0.1) is 0 Å². The summed E-state index contributed by atoms with van der Waals surface area (Å²) >= 11 is 0. The molecule has 3 heterocycles. The second-order valence-corrected chi connectivity index (χ2v) is 7.54. The van der Waals surface area contributed by atoms with Gasteiger partial charge in [0.1, 0.15) is 17.6 Å². The molecule has 0 aliphatic heterocycles. The van der Waals surface area contributed by atoms with Crippen LogP contribution < -0.4 is 11.1 Å². The molecule has 4 rings (SSSR count). The van der Waals surface area contributed by atoms with Crippen molar-refractivity contribution in [3.05, 3.63) is 41.9 Å². The van der Waals surface area contributed by atoms with Crippen LogP contribution in [0.3, 0.4) is 0 Å². The number of halogens is 2. The monoisotopic (exact) mass is 413 g/mol. The molecule has 3 aromatic rings. The molecule has 3 aromatic heterocycles. The number of amides is 1. The third kappa shape index (κ3) is 3.68. The molecule has 1 saturated carbocycles. The molecule has 1 aliphatic rings. The van der Waals surface area contributed by atoms with Gasteiger partial charge in [-0.3, -0.25) is 9.78 Å². The number of anilines is 2. The molecule has 1 unspecified atom stereocenters. The number of fused-ring (bicyclic) bond motifs is 1. The molecule has 7 nitrogen and oxygen atoms in total. The summed E-state index contributed by atoms with van der Waals surface area (Å²) in [6.45, 7) is 3.78. The summed E-state index contributed by atoms with van der Waals surface area (Å²) in [6.07, 6.45) is 2.65. The Morgan fingerprint density at radius 3 is 2.67 bits per heavy atom. The standard InChI is InChI=1S/C21H21F2N5O2/c1-3-17(29)16-4-10(2)13(9-25-16)12-5-11-8-26-18(6-15(11)27-19(12)24)28-20(30)14-7-21(14,22)23/h4-6,8-9,14,17,29H,3,7H2,1-2H3,(H2,24,27)(H,26,28,30)/t14-,17?/m1/s1. The van der Waals surface area contributed by atoms with Crippen LogP contribution in [-0.2, 0) is 4.79 Å². The van der Waals surface area contributed by atoms with E-state index in [9.17, 15) is 18.7 Å². The Bertz CT molecular complexity index is 1150. The van der Waals surface area contributed by atoms with Crippen LogP contribution in [0.2, 0.25) is 0 Å². The van der Waals surface area contributed by atoms with Gasteiger partial charge in [-0.1, -0.05) is 6.92 Å². The largest absolute Gasteiger partial charge is 0.387 e. The predicted octanol–water partition coefficient (Wildman–Crippen LogP) is 3.62. The maximum Gasteiger partial charge on any atom is 0.260 e. The fraction of sp³-hybridized carbons (Fsp3) is 0.333. The molecule has 0 aromatic carbocycles. The first-order chi connectivity index (χ1) is 14.2. The highest BCUT2D eigenvalue weighted by molar-refractivity contribution is 5.96. The molecule has 1 aliphatic carbocycles. The quantitative estimate of drug-likeness (QED) is 0.589. The molecule has 0 spiro atoms. The molecular weight excluding hydrogens is 392 g/mol. The Kier molecular flexibility index (Phi) is 4.85. The Balaban J connectivity index is 1.64. The smallest absolute Gasteiger partial charge is 0.260 e. The number of aliphatic hydroxyl groups is 1. The first-order valence-electron chi connectivity index (χ1n) is 9.59. The molecule has 1 amide bonds. The van der Waals surface area contributed by atoms with Crippen molar-refractivity contribution >= 4 is 28.4 Å². The summed E-state index contributed by atoms with van der Waals surface area (Å²) in [6, 6.07) is 5.13. The normalized spacial score (nSPS) is 18.2. The number of nitrogens with two attached hydrogens (primary N) is 1. The summed E-state index contributed by atoms with van der Waals surface area (Å²) in [5.41, 5.74) is 9.57. The first kappa shape index (κ1) is 20.1. The van der Waals surface area contributed by atoms with Crippen molar-refractivity contribution in [2.24, 2.45) is 5.92 Å². The topological polar surface area (TPSA) is 114 Å². The Hall–Kier alpha value is -3.20. The van der Waals surface area contributed by atoms with Crippen LogP contribution in [-0.4, -0.2) is 31.9 Å². The van der Waals surface area contributed by atoms with Crippen molar-refractivity contribution in [2.45, 2.75) is 38.7 Å². The van der Waals surface area contributed by atoms with Crippen molar-refractivity contribution in [3.63, 3.8) is 0 Å². The van der Waals surface area contributed by atoms with Crippen molar-refractivity contribution in [1.29, 1.82) is 0 Å². The molecule has 1 fully saturated rings. The number of rotatable bonds is 5. The molecule has 0 saturated heterocycles. The number of hydrogen-bond acceptors (Lipinski definition) is 6. The lowest BCUT2D eigenvalue weighted by atomic mass is 10.0. The summed E-state index contributed by atoms with van der Waals surface area (Å²) in [7, 11) is 0. The van der Waals surface area contributed by atoms with E-state index in [1.165, 1.54) is 12.3 Å². The summed E-state index contributed by atoms with van der Waals surface area (Å²) in [4.78, 5) is 24.7. The Morgan fingerprint density at radius 2 is 2.03 bits per heavy atom. The molecular formula is C21H21F2N5O2. The minimum absolute atomic E-state index is 0.144. The van der Waals surface area contributed by atoms with Gasteiger partial charge in [0.25, 0.3) is 5.92 Å². The van der Waals surface area contributed by atoms with Crippen LogP contribution in [0.1, 0.15) is 37.1 Å². The summed E-state index contributed by atoms with van der Waals surface area (Å²) in [5.74, 6) is -4.60. The number of pyridine rings is 3. The van der Waals surface area contributed by atoms with Crippen LogP contribution in [0.5, 0.6) is 0 Å². The number of aromatic nitrogens is 3. The minimum atomic E-state index is -2.94. The zero-order chi connectivity index (χ0) is 21.6. The third-order valence-electron chi connectivity index (χ3n) is 5.27. The molecule has 9 heteroatoms. The van der Waals surface area contributed by atoms with Gasteiger partial charge in [0.15, 0.2) is 0 Å². The van der Waals surface area contributed by atoms with Gasteiger partial charge in [-0.2, -0.15) is 0 Å². The molecule has 2 atom stereocenters. The van der Waals surface area contributed by atoms with Gasteiger partial charge in [0.2, 0.25) is 5.91 Å². The average Bonchev–Trinajstić information content (AvgIpc) is 3.35. The zero-order valence-electron chi connectivity index (χ0n) is 16.5. The van der Waals surface area contributed by atoms with Gasteiger partial charge >= 0.3 is 0 Å². The predicted molar refractivity (Wildman–Crippen MR) is 109 cm³/mol. The van der Waals surface area contributed by atoms with Gasteiger partial charge < -0.3 is 16.2 Å². The second kappa shape index (κ2) is 7.24. The number of nitrogens with one attached hydrogen (secondary N) is 1. The Morgan fingerprint density at radius 1 is 1.30 bits per heavy atom. The van der Waals surface area contributed by atoms with Gasteiger partial charge in [0.05, 0.1) is 17.3 Å². The molecule has 0 radical (unpaired) electrons. The van der Waals surface area contributed by atoms with Crippen LogP contribution >= 0.6 is 0 Å². The van der Waals surface area contributed by atoms with Crippen molar-refractivity contribution in [3.8, 4) is 11.1 Å². The van der Waals surface area contributed by atoms with E-state index in [4.69, 9.17) is 5.73 Å². The van der Waals surface area contributed by atoms with Crippen LogP contribution in [0.4, 0.5) is 20.4 Å². The lowest BCUT2D eigenvalue weighted by molar-refractivity contribution is -0.119. The highest BCUT2D eigenvalue weighted by Crippen LogP contribution is 2.49. The molecule has 156 valence electrons. The van der Waals surface area contributed by atoms with E-state index in [1.807, 2.05) is 26.0 Å². The van der Waals surface area contributed by atoms with Crippen molar-refractivity contribution < 1.29 is 18.7 Å². The van der Waals surface area contributed by atoms with Crippen molar-refractivity contribution in [1.82, 2.24) is 15.0 Å². The second-order valence-electron chi connectivity index (χ2n) is 7.54. The molecule has 30 heavy (non-hydrogen) atoms. The van der Waals surface area contributed by atoms with Crippen LogP contribution in [0.15, 0.2) is 30.6 Å². The maximum atomic E-state index is 13.1. The van der Waals surface area contributed by atoms with E-state index >= 15 is 0 Å². The number of aliphatic hydroxyl groups excluding tert-OH is 1. The Labute approximate surface area is 171 Å². The van der Waals surface area contributed by atoms with Gasteiger partial charge in [-0.25, -0.2) is 18.7 Å². The van der Waals surface area contributed by atoms with E-state index in [2.05, 4.69) is 20.3 Å². The lowest BCUT2D eigenvalue weighted by Crippen LogP contribution is -2.18. The molecule has 4 N–H and O–H groups in total. The van der Waals surface area contributed by atoms with E-state index in [-0.39, 0.29) is 11.6 Å². The zero-order valence-corrected chi connectivity index (χ0v) is 16.5. The highest BCUT2D eigenvalue weighted by Gasteiger charge is 2.61. The van der Waals surface area contributed by atoms with Crippen LogP contribution in [0, 0.1) is 12.8 Å². The number of aryl methyl sites for hydroxylation is 1. The lowest BCUT2D eigenvalue weighted by Gasteiger charge is -2.13. The van der Waals surface area contributed by atoms with E-state index < -0.39 is 30.3 Å². The van der Waals surface area contributed by atoms with E-state index in [1.54, 1.807) is 6.20 Å². The van der Waals surface area contributed by atoms with Gasteiger partial charge in [0, 0.05) is 41.4 Å². The fourth-order valence-corrected chi connectivity index (χ4v) is 3.33. The fourth-order valence-electron chi connectivity index (χ4n) is 3.33. The third-order valence-corrected chi connectivity index (χ3v) is 5.27. The molecule has 0 bridgehead atoms. The number of hydrogen-bond donors (Lipinski definition) is 3. The van der Waals surface area contributed by atoms with Gasteiger partial charge in [-0.05, 0) is 31.0 Å². The average molecular weight is 413 g/mol. The highest BCUT2D eigenvalue weighted by atomic mass is 19.3. The van der Waals surface area contributed by atoms with Crippen LogP contribution in [0.25, 0.3) is 22.0 Å². The minimum Gasteiger partial charge on any atom is -0.387 e. The number of carbonyl (C=O) groups excluding carboxylic acids is 1. The van der Waals surface area contributed by atoms with E-state index in [0.29, 0.717) is 28.6 Å². The number of nitrogens with zero attached hydrogens (tertiary/aromatic N) is 3. The summed E-state index contributed by atoms with van der Waals surface area (Å²) in [5, 5.41) is 13.1. The number of nitrogen functional groups attached to an aromatic ring is 1. The number of carbonyl (C=O) groups is 1. The number of alkyl halides is 2. The summed E-state index contributed by atoms with van der Waals surface area (Å²) < 4.78 is 26.1. The maximum absolute atomic E-state index is 13.1.